The molecule has 1 saturated heterocycles. The average molecular weight is 324 g/mol. The third-order valence-electron chi connectivity index (χ3n) is 4.17. The lowest BCUT2D eigenvalue weighted by Gasteiger charge is -2.35. The standard InChI is InChI=1S/C19H20N2O3/c1-13-6-5-7-14(12-13)17-18(22)20-10-11-21(17)19(23)15-8-3-4-9-16(15)24-2/h3-9,12,17H,10-11H2,1-2H3,(H,20,22). The summed E-state index contributed by atoms with van der Waals surface area (Å²) in [6.07, 6.45) is 0. The number of carbonyl (C=O) groups is 2. The highest BCUT2D eigenvalue weighted by Gasteiger charge is 2.35. The van der Waals surface area contributed by atoms with E-state index < -0.39 is 6.04 Å². The summed E-state index contributed by atoms with van der Waals surface area (Å²) in [5, 5.41) is 2.85. The number of methoxy groups -OCH3 is 1. The predicted octanol–water partition coefficient (Wildman–Crippen LogP) is 2.32. The van der Waals surface area contributed by atoms with Gasteiger partial charge < -0.3 is 15.0 Å². The second-order valence-electron chi connectivity index (χ2n) is 5.81. The molecule has 0 saturated carbocycles. The van der Waals surface area contributed by atoms with E-state index >= 15 is 0 Å². The fourth-order valence-corrected chi connectivity index (χ4v) is 3.03. The molecule has 1 unspecified atom stereocenters. The molecule has 5 nitrogen and oxygen atoms in total. The van der Waals surface area contributed by atoms with Crippen molar-refractivity contribution in [1.82, 2.24) is 10.2 Å². The molecule has 1 fully saturated rings. The summed E-state index contributed by atoms with van der Waals surface area (Å²) in [4.78, 5) is 27.1. The van der Waals surface area contributed by atoms with Crippen LogP contribution in [-0.2, 0) is 4.79 Å². The molecule has 5 heteroatoms. The second kappa shape index (κ2) is 6.74. The van der Waals surface area contributed by atoms with E-state index in [1.54, 1.807) is 23.1 Å². The van der Waals surface area contributed by atoms with Crippen LogP contribution in [0.2, 0.25) is 0 Å². The molecule has 1 N–H and O–H groups in total. The number of benzene rings is 2. The number of ether oxygens (including phenoxy) is 1. The molecule has 2 amide bonds. The topological polar surface area (TPSA) is 58.6 Å². The van der Waals surface area contributed by atoms with Crippen molar-refractivity contribution in [2.45, 2.75) is 13.0 Å². The zero-order valence-electron chi connectivity index (χ0n) is 13.8. The third kappa shape index (κ3) is 2.97. The highest BCUT2D eigenvalue weighted by Crippen LogP contribution is 2.28. The summed E-state index contributed by atoms with van der Waals surface area (Å²) in [7, 11) is 1.53. The van der Waals surface area contributed by atoms with E-state index in [0.29, 0.717) is 24.4 Å². The van der Waals surface area contributed by atoms with Gasteiger partial charge in [-0.15, -0.1) is 0 Å². The third-order valence-corrected chi connectivity index (χ3v) is 4.17. The van der Waals surface area contributed by atoms with Gasteiger partial charge >= 0.3 is 0 Å². The monoisotopic (exact) mass is 324 g/mol. The van der Waals surface area contributed by atoms with Crippen LogP contribution in [0.4, 0.5) is 0 Å². The van der Waals surface area contributed by atoms with Crippen LogP contribution in [0, 0.1) is 6.92 Å². The van der Waals surface area contributed by atoms with Crippen molar-refractivity contribution in [3.63, 3.8) is 0 Å². The van der Waals surface area contributed by atoms with Crippen LogP contribution < -0.4 is 10.1 Å². The first kappa shape index (κ1) is 16.1. The summed E-state index contributed by atoms with van der Waals surface area (Å²) in [5.41, 5.74) is 2.33. The first-order valence-electron chi connectivity index (χ1n) is 7.90. The molecule has 0 bridgehead atoms. The molecule has 2 aromatic rings. The van der Waals surface area contributed by atoms with Crippen molar-refractivity contribution in [2.75, 3.05) is 20.2 Å². The summed E-state index contributed by atoms with van der Waals surface area (Å²) >= 11 is 0. The number of para-hydroxylation sites is 1. The zero-order chi connectivity index (χ0) is 17.1. The number of nitrogens with zero attached hydrogens (tertiary/aromatic N) is 1. The van der Waals surface area contributed by atoms with Gasteiger partial charge in [0.2, 0.25) is 5.91 Å². The number of carbonyl (C=O) groups excluding carboxylic acids is 2. The van der Waals surface area contributed by atoms with Crippen LogP contribution in [0.25, 0.3) is 0 Å². The highest BCUT2D eigenvalue weighted by molar-refractivity contribution is 6.00. The fraction of sp³-hybridized carbons (Fsp3) is 0.263. The van der Waals surface area contributed by atoms with Crippen molar-refractivity contribution < 1.29 is 14.3 Å². The van der Waals surface area contributed by atoms with E-state index in [-0.39, 0.29) is 11.8 Å². The van der Waals surface area contributed by atoms with Gasteiger partial charge in [-0.3, -0.25) is 9.59 Å². The Balaban J connectivity index is 2.00. The first-order valence-corrected chi connectivity index (χ1v) is 7.90. The van der Waals surface area contributed by atoms with Gasteiger partial charge in [0, 0.05) is 13.1 Å². The Bertz CT molecular complexity index is 773. The van der Waals surface area contributed by atoms with Gasteiger partial charge in [0.1, 0.15) is 11.8 Å². The lowest BCUT2D eigenvalue weighted by Crippen LogP contribution is -2.52. The van der Waals surface area contributed by atoms with Crippen LogP contribution in [-0.4, -0.2) is 36.9 Å². The smallest absolute Gasteiger partial charge is 0.258 e. The quantitative estimate of drug-likeness (QED) is 0.942. The molecule has 1 aliphatic heterocycles. The number of piperazine rings is 1. The molecule has 1 atom stereocenters. The summed E-state index contributed by atoms with van der Waals surface area (Å²) in [6.45, 7) is 2.87. The van der Waals surface area contributed by atoms with Gasteiger partial charge in [-0.2, -0.15) is 0 Å². The Morgan fingerprint density at radius 2 is 2.00 bits per heavy atom. The number of hydrogen-bond acceptors (Lipinski definition) is 3. The molecule has 24 heavy (non-hydrogen) atoms. The number of hydrogen-bond donors (Lipinski definition) is 1. The number of rotatable bonds is 3. The van der Waals surface area contributed by atoms with Crippen molar-refractivity contribution in [3.8, 4) is 5.75 Å². The molecule has 2 aromatic carbocycles. The Labute approximate surface area is 141 Å². The number of aryl methyl sites for hydroxylation is 1. The maximum absolute atomic E-state index is 13.1. The Morgan fingerprint density at radius 3 is 2.75 bits per heavy atom. The Hall–Kier alpha value is -2.82. The molecule has 0 spiro atoms. The minimum Gasteiger partial charge on any atom is -0.496 e. The summed E-state index contributed by atoms with van der Waals surface area (Å²) < 4.78 is 5.30. The van der Waals surface area contributed by atoms with Crippen molar-refractivity contribution in [1.29, 1.82) is 0 Å². The SMILES string of the molecule is COc1ccccc1C(=O)N1CCNC(=O)C1c1cccc(C)c1. The van der Waals surface area contributed by atoms with E-state index in [1.807, 2.05) is 37.3 Å². The zero-order valence-corrected chi connectivity index (χ0v) is 13.8. The van der Waals surface area contributed by atoms with Crippen LogP contribution in [0.1, 0.15) is 27.5 Å². The van der Waals surface area contributed by atoms with Crippen LogP contribution >= 0.6 is 0 Å². The number of amides is 2. The molecule has 3 rings (SSSR count). The predicted molar refractivity (Wildman–Crippen MR) is 91.0 cm³/mol. The molecule has 1 aliphatic rings. The van der Waals surface area contributed by atoms with Crippen molar-refractivity contribution in [3.05, 3.63) is 65.2 Å². The lowest BCUT2D eigenvalue weighted by atomic mass is 9.99. The van der Waals surface area contributed by atoms with Gasteiger partial charge in [-0.25, -0.2) is 0 Å². The second-order valence-corrected chi connectivity index (χ2v) is 5.81. The van der Waals surface area contributed by atoms with Gasteiger partial charge in [0.15, 0.2) is 0 Å². The normalized spacial score (nSPS) is 17.3. The number of nitrogens with one attached hydrogen (secondary N) is 1. The summed E-state index contributed by atoms with van der Waals surface area (Å²) in [5.74, 6) is 0.153. The highest BCUT2D eigenvalue weighted by atomic mass is 16.5. The summed E-state index contributed by atoms with van der Waals surface area (Å²) in [6, 6.07) is 14.1. The van der Waals surface area contributed by atoms with E-state index in [9.17, 15) is 9.59 Å². The Morgan fingerprint density at radius 1 is 1.21 bits per heavy atom. The molecule has 1 heterocycles. The maximum Gasteiger partial charge on any atom is 0.258 e. The molecular weight excluding hydrogens is 304 g/mol. The first-order chi connectivity index (χ1) is 11.6. The van der Waals surface area contributed by atoms with Crippen LogP contribution in [0.5, 0.6) is 5.75 Å². The van der Waals surface area contributed by atoms with E-state index in [0.717, 1.165) is 11.1 Å². The molecule has 0 aromatic heterocycles. The average Bonchev–Trinajstić information content (AvgIpc) is 2.60. The maximum atomic E-state index is 13.1. The van der Waals surface area contributed by atoms with Gasteiger partial charge in [-0.1, -0.05) is 42.0 Å². The Kier molecular flexibility index (Phi) is 4.51. The van der Waals surface area contributed by atoms with E-state index in [1.165, 1.54) is 7.11 Å². The largest absolute Gasteiger partial charge is 0.496 e. The van der Waals surface area contributed by atoms with E-state index in [4.69, 9.17) is 4.74 Å². The van der Waals surface area contributed by atoms with Gasteiger partial charge in [0.05, 0.1) is 12.7 Å². The molecule has 0 radical (unpaired) electrons. The molecule has 0 aliphatic carbocycles. The fourth-order valence-electron chi connectivity index (χ4n) is 3.03. The minimum atomic E-state index is -0.629. The molecule has 124 valence electrons. The van der Waals surface area contributed by atoms with Crippen molar-refractivity contribution in [2.24, 2.45) is 0 Å². The van der Waals surface area contributed by atoms with Crippen LogP contribution in [0.15, 0.2) is 48.5 Å². The minimum absolute atomic E-state index is 0.157. The molecular formula is C19H20N2O3. The van der Waals surface area contributed by atoms with Crippen LogP contribution in [0.3, 0.4) is 0 Å². The van der Waals surface area contributed by atoms with Gasteiger partial charge in [-0.05, 0) is 24.6 Å². The lowest BCUT2D eigenvalue weighted by molar-refractivity contribution is -0.128. The van der Waals surface area contributed by atoms with Crippen molar-refractivity contribution >= 4 is 11.8 Å². The van der Waals surface area contributed by atoms with E-state index in [2.05, 4.69) is 5.32 Å². The van der Waals surface area contributed by atoms with Gasteiger partial charge in [0.25, 0.3) is 5.91 Å².